The molecule has 2 N–H and O–H groups in total. The molecule has 0 aromatic carbocycles. The van der Waals surface area contributed by atoms with E-state index < -0.39 is 10.7 Å². The molecule has 2 heterocycles. The second-order valence-corrected chi connectivity index (χ2v) is 2.92. The van der Waals surface area contributed by atoms with Gasteiger partial charge in [0.2, 0.25) is 5.82 Å². The van der Waals surface area contributed by atoms with Crippen LogP contribution in [-0.2, 0) is 6.54 Å². The Labute approximate surface area is 83.3 Å². The molecule has 78 valence electrons. The molecule has 0 aliphatic rings. The van der Waals surface area contributed by atoms with Gasteiger partial charge < -0.3 is 15.8 Å². The van der Waals surface area contributed by atoms with Gasteiger partial charge in [0.25, 0.3) is 0 Å². The van der Waals surface area contributed by atoms with E-state index in [1.54, 1.807) is 0 Å². The summed E-state index contributed by atoms with van der Waals surface area (Å²) < 4.78 is 14.2. The summed E-state index contributed by atoms with van der Waals surface area (Å²) >= 11 is 0. The normalized spacial score (nSPS) is 10.8. The second-order valence-electron chi connectivity index (χ2n) is 2.92. The number of hydrogen-bond acceptors (Lipinski definition) is 4. The summed E-state index contributed by atoms with van der Waals surface area (Å²) in [5.41, 5.74) is 5.59. The average Bonchev–Trinajstić information content (AvgIpc) is 2.55. The van der Waals surface area contributed by atoms with Crippen LogP contribution in [0.3, 0.4) is 0 Å². The van der Waals surface area contributed by atoms with Crippen molar-refractivity contribution in [1.29, 1.82) is 0 Å². The van der Waals surface area contributed by atoms with Gasteiger partial charge in [-0.3, -0.25) is 4.40 Å². The molecule has 0 aliphatic heterocycles. The maximum Gasteiger partial charge on any atom is 0.389 e. The molecular weight excluding hydrogens is 203 g/mol. The number of hydrogen-bond donors (Lipinski definition) is 1. The Balaban J connectivity index is 2.81. The van der Waals surface area contributed by atoms with Crippen molar-refractivity contribution in [3.05, 3.63) is 40.1 Å². The fourth-order valence-electron chi connectivity index (χ4n) is 1.38. The van der Waals surface area contributed by atoms with E-state index in [2.05, 4.69) is 4.98 Å². The number of rotatable bonds is 2. The minimum atomic E-state index is -0.619. The molecule has 15 heavy (non-hydrogen) atoms. The van der Waals surface area contributed by atoms with E-state index >= 15 is 0 Å². The molecule has 2 aromatic heterocycles. The van der Waals surface area contributed by atoms with Crippen LogP contribution in [0.1, 0.15) is 5.82 Å². The highest BCUT2D eigenvalue weighted by Gasteiger charge is 2.20. The maximum absolute atomic E-state index is 12.9. The molecule has 7 heteroatoms. The van der Waals surface area contributed by atoms with Gasteiger partial charge in [-0.15, -0.1) is 0 Å². The highest BCUT2D eigenvalue weighted by Crippen LogP contribution is 2.20. The minimum Gasteiger partial charge on any atom is -0.358 e. The van der Waals surface area contributed by atoms with Crippen molar-refractivity contribution in [3.8, 4) is 0 Å². The van der Waals surface area contributed by atoms with Gasteiger partial charge in [0.15, 0.2) is 0 Å². The van der Waals surface area contributed by atoms with Gasteiger partial charge in [-0.2, -0.15) is 0 Å². The summed E-state index contributed by atoms with van der Waals surface area (Å²) in [5.74, 6) is -0.545. The van der Waals surface area contributed by atoms with E-state index in [0.717, 1.165) is 12.3 Å². The number of halogens is 1. The van der Waals surface area contributed by atoms with E-state index in [1.807, 2.05) is 0 Å². The zero-order valence-corrected chi connectivity index (χ0v) is 7.55. The van der Waals surface area contributed by atoms with Crippen molar-refractivity contribution in [1.82, 2.24) is 9.38 Å². The quantitative estimate of drug-likeness (QED) is 0.587. The predicted octanol–water partition coefficient (Wildman–Crippen LogP) is 0.840. The summed E-state index contributed by atoms with van der Waals surface area (Å²) in [6.07, 6.45) is 1.12. The Bertz CT molecular complexity index is 537. The molecular formula is C8H7FN4O2. The first kappa shape index (κ1) is 9.53. The molecule has 0 aliphatic carbocycles. The highest BCUT2D eigenvalue weighted by molar-refractivity contribution is 5.62. The van der Waals surface area contributed by atoms with Crippen molar-refractivity contribution in [2.75, 3.05) is 0 Å². The van der Waals surface area contributed by atoms with Crippen molar-refractivity contribution in [3.63, 3.8) is 0 Å². The Morgan fingerprint density at radius 1 is 1.60 bits per heavy atom. The van der Waals surface area contributed by atoms with Gasteiger partial charge in [0, 0.05) is 6.20 Å². The van der Waals surface area contributed by atoms with Crippen molar-refractivity contribution in [2.24, 2.45) is 5.73 Å². The topological polar surface area (TPSA) is 86.5 Å². The van der Waals surface area contributed by atoms with Crippen LogP contribution in [0.2, 0.25) is 0 Å². The fourth-order valence-corrected chi connectivity index (χ4v) is 1.38. The summed E-state index contributed by atoms with van der Waals surface area (Å²) in [7, 11) is 0. The predicted molar refractivity (Wildman–Crippen MR) is 49.7 cm³/mol. The van der Waals surface area contributed by atoms with E-state index in [0.29, 0.717) is 0 Å². The van der Waals surface area contributed by atoms with Crippen molar-refractivity contribution in [2.45, 2.75) is 6.54 Å². The van der Waals surface area contributed by atoms with Crippen LogP contribution in [0, 0.1) is 15.9 Å². The third kappa shape index (κ3) is 1.42. The number of aromatic nitrogens is 2. The third-order valence-corrected chi connectivity index (χ3v) is 2.01. The highest BCUT2D eigenvalue weighted by atomic mass is 19.1. The monoisotopic (exact) mass is 210 g/mol. The van der Waals surface area contributed by atoms with Crippen LogP contribution in [0.15, 0.2) is 18.3 Å². The number of fused-ring (bicyclic) bond motifs is 1. The number of imidazole rings is 1. The molecule has 0 atom stereocenters. The molecule has 0 saturated heterocycles. The SMILES string of the molecule is NCc1nc([N+](=O)[O-])c2ccc(F)cn12. The van der Waals surface area contributed by atoms with Crippen LogP contribution >= 0.6 is 0 Å². The van der Waals surface area contributed by atoms with Gasteiger partial charge in [-0.05, 0) is 22.0 Å². The fraction of sp³-hybridized carbons (Fsp3) is 0.125. The van der Waals surface area contributed by atoms with Gasteiger partial charge in [0.05, 0.1) is 6.54 Å². The van der Waals surface area contributed by atoms with E-state index in [4.69, 9.17) is 5.73 Å². The minimum absolute atomic E-state index is 0.0124. The summed E-state index contributed by atoms with van der Waals surface area (Å²) in [4.78, 5) is 13.7. The van der Waals surface area contributed by atoms with Gasteiger partial charge >= 0.3 is 5.82 Å². The molecule has 0 spiro atoms. The second kappa shape index (κ2) is 3.28. The summed E-state index contributed by atoms with van der Waals surface area (Å²) in [6.45, 7) is 0.0124. The number of nitro groups is 1. The molecule has 6 nitrogen and oxygen atoms in total. The Morgan fingerprint density at radius 2 is 2.33 bits per heavy atom. The van der Waals surface area contributed by atoms with Crippen LogP contribution in [0.5, 0.6) is 0 Å². The average molecular weight is 210 g/mol. The third-order valence-electron chi connectivity index (χ3n) is 2.01. The first-order valence-corrected chi connectivity index (χ1v) is 4.14. The van der Waals surface area contributed by atoms with E-state index in [-0.39, 0.29) is 23.7 Å². The van der Waals surface area contributed by atoms with Gasteiger partial charge in [0.1, 0.15) is 11.3 Å². The molecule has 2 rings (SSSR count). The Morgan fingerprint density at radius 3 is 2.93 bits per heavy atom. The first-order chi connectivity index (χ1) is 7.13. The Hall–Kier alpha value is -2.02. The zero-order valence-electron chi connectivity index (χ0n) is 7.55. The lowest BCUT2D eigenvalue weighted by molar-refractivity contribution is -0.387. The maximum atomic E-state index is 12.9. The first-order valence-electron chi connectivity index (χ1n) is 4.14. The lowest BCUT2D eigenvalue weighted by atomic mass is 10.4. The van der Waals surface area contributed by atoms with E-state index in [9.17, 15) is 14.5 Å². The molecule has 0 radical (unpaired) electrons. The largest absolute Gasteiger partial charge is 0.389 e. The standard InChI is InChI=1S/C8H7FN4O2/c9-5-1-2-6-8(13(14)15)11-7(3-10)12(6)4-5/h1-2,4H,3,10H2. The number of nitrogens with two attached hydrogens (primary N) is 1. The number of pyridine rings is 1. The van der Waals surface area contributed by atoms with Gasteiger partial charge in [-0.25, -0.2) is 4.39 Å². The summed E-state index contributed by atoms with van der Waals surface area (Å²) in [6, 6.07) is 2.45. The summed E-state index contributed by atoms with van der Waals surface area (Å²) in [5, 5.41) is 10.6. The lowest BCUT2D eigenvalue weighted by Crippen LogP contribution is -2.02. The molecule has 0 saturated carbocycles. The molecule has 0 bridgehead atoms. The smallest absolute Gasteiger partial charge is 0.358 e. The Kier molecular flexibility index (Phi) is 2.09. The van der Waals surface area contributed by atoms with Crippen LogP contribution in [0.4, 0.5) is 10.2 Å². The van der Waals surface area contributed by atoms with Crippen molar-refractivity contribution < 1.29 is 9.31 Å². The lowest BCUT2D eigenvalue weighted by Gasteiger charge is -1.94. The van der Waals surface area contributed by atoms with E-state index in [1.165, 1.54) is 10.5 Å². The molecule has 0 fully saturated rings. The molecule has 0 unspecified atom stereocenters. The molecule has 2 aromatic rings. The van der Waals surface area contributed by atoms with Gasteiger partial charge in [-0.1, -0.05) is 0 Å². The van der Waals surface area contributed by atoms with Crippen LogP contribution in [0.25, 0.3) is 5.52 Å². The molecule has 0 amide bonds. The van der Waals surface area contributed by atoms with Crippen molar-refractivity contribution >= 4 is 11.3 Å². The number of nitrogens with zero attached hydrogens (tertiary/aromatic N) is 3. The zero-order chi connectivity index (χ0) is 11.0. The van der Waals surface area contributed by atoms with Crippen LogP contribution < -0.4 is 5.73 Å². The van der Waals surface area contributed by atoms with Crippen LogP contribution in [-0.4, -0.2) is 14.3 Å².